The molecule has 0 bridgehead atoms. The molecule has 0 unspecified atom stereocenters. The van der Waals surface area contributed by atoms with Gasteiger partial charge in [-0.25, -0.2) is 8.93 Å². The van der Waals surface area contributed by atoms with E-state index in [4.69, 9.17) is 0 Å². The Labute approximate surface area is 155 Å². The van der Waals surface area contributed by atoms with Crippen LogP contribution in [0.25, 0.3) is 0 Å². The quantitative estimate of drug-likeness (QED) is 0.662. The second kappa shape index (κ2) is 8.59. The normalized spacial score (nSPS) is 17.3. The SMILES string of the molecule is CC(C)(C)[S@](=O)N[C@@H](CCCC(=O)Nc1cccc(Br)c1)C1CC1. The molecule has 0 saturated heterocycles. The summed E-state index contributed by atoms with van der Waals surface area (Å²) in [5.74, 6) is 0.643. The zero-order valence-corrected chi connectivity index (χ0v) is 17.0. The molecule has 4 nitrogen and oxygen atoms in total. The average Bonchev–Trinajstić information content (AvgIpc) is 3.29. The Hall–Kier alpha value is -0.720. The van der Waals surface area contributed by atoms with Crippen molar-refractivity contribution < 1.29 is 9.00 Å². The van der Waals surface area contributed by atoms with Gasteiger partial charge < -0.3 is 5.32 Å². The Morgan fingerprint density at radius 3 is 2.67 bits per heavy atom. The topological polar surface area (TPSA) is 58.2 Å². The van der Waals surface area contributed by atoms with Crippen molar-refractivity contribution in [2.24, 2.45) is 5.92 Å². The van der Waals surface area contributed by atoms with Crippen LogP contribution in [0.4, 0.5) is 5.69 Å². The van der Waals surface area contributed by atoms with Gasteiger partial charge in [0.25, 0.3) is 0 Å². The van der Waals surface area contributed by atoms with E-state index in [0.717, 1.165) is 23.0 Å². The van der Waals surface area contributed by atoms with Crippen LogP contribution in [-0.2, 0) is 15.8 Å². The smallest absolute Gasteiger partial charge is 0.224 e. The molecule has 1 aromatic carbocycles. The summed E-state index contributed by atoms with van der Waals surface area (Å²) < 4.78 is 16.3. The van der Waals surface area contributed by atoms with Crippen molar-refractivity contribution in [3.05, 3.63) is 28.7 Å². The third kappa shape index (κ3) is 6.65. The maximum absolute atomic E-state index is 12.3. The van der Waals surface area contributed by atoms with E-state index in [0.29, 0.717) is 12.3 Å². The number of amides is 1. The van der Waals surface area contributed by atoms with Gasteiger partial charge in [0.05, 0.1) is 15.7 Å². The standard InChI is InChI=1S/C18H27BrN2O2S/c1-18(2,3)24(23)21-16(13-10-11-13)8-5-9-17(22)20-15-7-4-6-14(19)12-15/h4,6-7,12-13,16,21H,5,8-11H2,1-3H3,(H,20,22)/t16-,24-/m0/s1. The molecule has 2 rings (SSSR count). The molecule has 2 atom stereocenters. The summed E-state index contributed by atoms with van der Waals surface area (Å²) in [5.41, 5.74) is 0.806. The third-order valence-electron chi connectivity index (χ3n) is 4.03. The Bertz CT molecular complexity index is 597. The van der Waals surface area contributed by atoms with E-state index in [1.165, 1.54) is 12.8 Å². The van der Waals surface area contributed by atoms with Gasteiger partial charge in [0, 0.05) is 22.6 Å². The minimum atomic E-state index is -1.05. The molecule has 1 aliphatic rings. The summed E-state index contributed by atoms with van der Waals surface area (Å²) in [6.45, 7) is 5.93. The van der Waals surface area contributed by atoms with Crippen molar-refractivity contribution in [3.63, 3.8) is 0 Å². The van der Waals surface area contributed by atoms with E-state index in [1.54, 1.807) is 0 Å². The van der Waals surface area contributed by atoms with Crippen LogP contribution in [0.15, 0.2) is 28.7 Å². The van der Waals surface area contributed by atoms with E-state index in [1.807, 2.05) is 45.0 Å². The largest absolute Gasteiger partial charge is 0.326 e. The number of nitrogens with one attached hydrogen (secondary N) is 2. The van der Waals surface area contributed by atoms with Crippen LogP contribution < -0.4 is 10.0 Å². The van der Waals surface area contributed by atoms with Crippen molar-refractivity contribution in [1.82, 2.24) is 4.72 Å². The Balaban J connectivity index is 1.76. The van der Waals surface area contributed by atoms with Crippen molar-refractivity contribution >= 4 is 38.5 Å². The van der Waals surface area contributed by atoms with Gasteiger partial charge in [-0.05, 0) is 70.6 Å². The molecule has 0 radical (unpaired) electrons. The number of hydrogen-bond acceptors (Lipinski definition) is 2. The van der Waals surface area contributed by atoms with Gasteiger partial charge in [0.2, 0.25) is 5.91 Å². The summed E-state index contributed by atoms with van der Waals surface area (Å²) >= 11 is 3.40. The molecule has 0 heterocycles. The molecule has 1 fully saturated rings. The van der Waals surface area contributed by atoms with Crippen LogP contribution in [0.2, 0.25) is 0 Å². The highest BCUT2D eigenvalue weighted by Crippen LogP contribution is 2.35. The number of rotatable bonds is 8. The zero-order valence-electron chi connectivity index (χ0n) is 14.6. The first-order chi connectivity index (χ1) is 11.3. The first kappa shape index (κ1) is 19.6. The summed E-state index contributed by atoms with van der Waals surface area (Å²) in [5, 5.41) is 2.92. The second-order valence-electron chi connectivity index (χ2n) is 7.39. The minimum absolute atomic E-state index is 0.0274. The fraction of sp³-hybridized carbons (Fsp3) is 0.611. The third-order valence-corrected chi connectivity index (χ3v) is 6.16. The lowest BCUT2D eigenvalue weighted by Crippen LogP contribution is -2.41. The molecular weight excluding hydrogens is 388 g/mol. The molecule has 1 saturated carbocycles. The van der Waals surface area contributed by atoms with Crippen molar-refractivity contribution in [3.8, 4) is 0 Å². The summed E-state index contributed by atoms with van der Waals surface area (Å²) in [6.07, 6.45) is 4.57. The van der Waals surface area contributed by atoms with Gasteiger partial charge in [0.15, 0.2) is 0 Å². The van der Waals surface area contributed by atoms with Gasteiger partial charge >= 0.3 is 0 Å². The molecule has 1 aliphatic carbocycles. The number of carbonyl (C=O) groups is 1. The maximum Gasteiger partial charge on any atom is 0.224 e. The number of benzene rings is 1. The number of carbonyl (C=O) groups excluding carboxylic acids is 1. The Morgan fingerprint density at radius 2 is 2.08 bits per heavy atom. The fourth-order valence-electron chi connectivity index (χ4n) is 2.48. The molecule has 1 aromatic rings. The van der Waals surface area contributed by atoms with Gasteiger partial charge in [-0.1, -0.05) is 22.0 Å². The number of anilines is 1. The van der Waals surface area contributed by atoms with E-state index in [-0.39, 0.29) is 16.7 Å². The predicted octanol–water partition coefficient (Wildman–Crippen LogP) is 4.39. The maximum atomic E-state index is 12.3. The molecule has 0 spiro atoms. The van der Waals surface area contributed by atoms with Crippen molar-refractivity contribution in [1.29, 1.82) is 0 Å². The first-order valence-corrected chi connectivity index (χ1v) is 10.4. The summed E-state index contributed by atoms with van der Waals surface area (Å²) in [7, 11) is -1.05. The molecule has 24 heavy (non-hydrogen) atoms. The van der Waals surface area contributed by atoms with E-state index in [9.17, 15) is 9.00 Å². The minimum Gasteiger partial charge on any atom is -0.326 e. The van der Waals surface area contributed by atoms with Gasteiger partial charge in [0.1, 0.15) is 0 Å². The molecule has 0 aliphatic heterocycles. The monoisotopic (exact) mass is 414 g/mol. The van der Waals surface area contributed by atoms with Crippen LogP contribution in [-0.4, -0.2) is 20.9 Å². The molecule has 0 aromatic heterocycles. The fourth-order valence-corrected chi connectivity index (χ4v) is 3.81. The lowest BCUT2D eigenvalue weighted by Gasteiger charge is -2.24. The Morgan fingerprint density at radius 1 is 1.38 bits per heavy atom. The molecule has 134 valence electrons. The Kier molecular flexibility index (Phi) is 7.01. The highest BCUT2D eigenvalue weighted by Gasteiger charge is 2.33. The number of hydrogen-bond donors (Lipinski definition) is 2. The highest BCUT2D eigenvalue weighted by atomic mass is 79.9. The van der Waals surface area contributed by atoms with Crippen LogP contribution >= 0.6 is 15.9 Å². The lowest BCUT2D eigenvalue weighted by atomic mass is 10.1. The van der Waals surface area contributed by atoms with Crippen molar-refractivity contribution in [2.75, 3.05) is 5.32 Å². The summed E-state index contributed by atoms with van der Waals surface area (Å²) in [6, 6.07) is 7.84. The van der Waals surface area contributed by atoms with Crippen LogP contribution in [0, 0.1) is 5.92 Å². The lowest BCUT2D eigenvalue weighted by molar-refractivity contribution is -0.116. The van der Waals surface area contributed by atoms with E-state index in [2.05, 4.69) is 26.0 Å². The summed E-state index contributed by atoms with van der Waals surface area (Å²) in [4.78, 5) is 12.1. The van der Waals surface area contributed by atoms with Gasteiger partial charge in [-0.3, -0.25) is 4.79 Å². The molecular formula is C18H27BrN2O2S. The number of halogens is 1. The van der Waals surface area contributed by atoms with Gasteiger partial charge in [-0.2, -0.15) is 0 Å². The average molecular weight is 415 g/mol. The predicted molar refractivity (Wildman–Crippen MR) is 104 cm³/mol. The molecule has 1 amide bonds. The molecule has 6 heteroatoms. The van der Waals surface area contributed by atoms with Crippen molar-refractivity contribution in [2.45, 2.75) is 63.7 Å². The van der Waals surface area contributed by atoms with E-state index >= 15 is 0 Å². The second-order valence-corrected chi connectivity index (χ2v) is 10.3. The first-order valence-electron chi connectivity index (χ1n) is 8.49. The van der Waals surface area contributed by atoms with E-state index < -0.39 is 11.0 Å². The van der Waals surface area contributed by atoms with Crippen LogP contribution in [0.3, 0.4) is 0 Å². The zero-order chi connectivity index (χ0) is 17.7. The molecule has 2 N–H and O–H groups in total. The van der Waals surface area contributed by atoms with Crippen LogP contribution in [0.5, 0.6) is 0 Å². The highest BCUT2D eigenvalue weighted by molar-refractivity contribution is 9.10. The van der Waals surface area contributed by atoms with Gasteiger partial charge in [-0.15, -0.1) is 0 Å². The van der Waals surface area contributed by atoms with Crippen LogP contribution in [0.1, 0.15) is 52.9 Å².